The molecule has 9 heteroatoms. The standard InChI is InChI=1S/C19H26N2O5S2/c1-4-18(19(22)20-11-13-27-14-17-6-5-12-26-17)21(28(3,23)24)15-7-9-16(25-2)10-8-15/h5-10,12,18H,4,11,13-14H2,1-3H3,(H,20,22)/t18-/m1/s1. The minimum atomic E-state index is -3.64. The van der Waals surface area contributed by atoms with Crippen LogP contribution in [-0.2, 0) is 20.6 Å². The average molecular weight is 427 g/mol. The maximum atomic E-state index is 12.7. The van der Waals surface area contributed by atoms with Gasteiger partial charge in [-0.1, -0.05) is 6.92 Å². The lowest BCUT2D eigenvalue weighted by Crippen LogP contribution is -2.49. The molecule has 1 atom stereocenters. The van der Waals surface area contributed by atoms with E-state index in [0.29, 0.717) is 30.2 Å². The molecule has 1 aromatic heterocycles. The SMILES string of the molecule is CC[C@H](C(=O)NCCSCc1ccco1)N(c1ccc(OC)cc1)S(C)(=O)=O. The van der Waals surface area contributed by atoms with Crippen LogP contribution in [-0.4, -0.2) is 46.0 Å². The summed E-state index contributed by atoms with van der Waals surface area (Å²) in [7, 11) is -2.11. The monoisotopic (exact) mass is 426 g/mol. The number of carbonyl (C=O) groups is 1. The van der Waals surface area contributed by atoms with Gasteiger partial charge in [-0.05, 0) is 42.8 Å². The zero-order chi connectivity index (χ0) is 20.6. The highest BCUT2D eigenvalue weighted by Crippen LogP contribution is 2.25. The number of rotatable bonds is 11. The number of nitrogens with one attached hydrogen (secondary N) is 1. The van der Waals surface area contributed by atoms with E-state index in [9.17, 15) is 13.2 Å². The normalized spacial score (nSPS) is 12.4. The molecule has 28 heavy (non-hydrogen) atoms. The lowest BCUT2D eigenvalue weighted by atomic mass is 10.2. The van der Waals surface area contributed by atoms with Crippen molar-refractivity contribution in [2.24, 2.45) is 0 Å². The molecule has 0 radical (unpaired) electrons. The van der Waals surface area contributed by atoms with Crippen molar-refractivity contribution in [2.75, 3.05) is 30.0 Å². The second kappa shape index (κ2) is 10.4. The molecule has 1 amide bonds. The van der Waals surface area contributed by atoms with Gasteiger partial charge in [0.05, 0.1) is 31.1 Å². The number of amides is 1. The van der Waals surface area contributed by atoms with Crippen molar-refractivity contribution in [1.82, 2.24) is 5.32 Å². The van der Waals surface area contributed by atoms with Crippen LogP contribution < -0.4 is 14.4 Å². The fourth-order valence-corrected chi connectivity index (χ4v) is 4.69. The van der Waals surface area contributed by atoms with Crippen LogP contribution in [0.1, 0.15) is 19.1 Å². The molecule has 0 bridgehead atoms. The molecule has 0 unspecified atom stereocenters. The molecule has 0 aliphatic heterocycles. The first-order chi connectivity index (χ1) is 13.4. The molecule has 1 heterocycles. The van der Waals surface area contributed by atoms with Crippen LogP contribution in [0, 0.1) is 0 Å². The number of carbonyl (C=O) groups excluding carboxylic acids is 1. The van der Waals surface area contributed by atoms with E-state index in [1.807, 2.05) is 12.1 Å². The molecule has 0 aliphatic carbocycles. The van der Waals surface area contributed by atoms with Crippen molar-refractivity contribution in [1.29, 1.82) is 0 Å². The summed E-state index contributed by atoms with van der Waals surface area (Å²) in [6.07, 6.45) is 3.08. The number of benzene rings is 1. The van der Waals surface area contributed by atoms with Gasteiger partial charge in [0.15, 0.2) is 0 Å². The van der Waals surface area contributed by atoms with Crippen molar-refractivity contribution < 1.29 is 22.4 Å². The molecule has 0 saturated carbocycles. The van der Waals surface area contributed by atoms with Crippen LogP contribution in [0.15, 0.2) is 47.1 Å². The first-order valence-corrected chi connectivity index (χ1v) is 11.9. The Morgan fingerprint density at radius 2 is 2.00 bits per heavy atom. The highest BCUT2D eigenvalue weighted by Gasteiger charge is 2.31. The molecule has 0 saturated heterocycles. The van der Waals surface area contributed by atoms with Gasteiger partial charge in [-0.2, -0.15) is 11.8 Å². The summed E-state index contributed by atoms with van der Waals surface area (Å²) < 4.78 is 36.3. The minimum Gasteiger partial charge on any atom is -0.497 e. The Labute approximate surface area is 170 Å². The zero-order valence-corrected chi connectivity index (χ0v) is 17.9. The summed E-state index contributed by atoms with van der Waals surface area (Å²) in [5.74, 6) is 2.60. The summed E-state index contributed by atoms with van der Waals surface area (Å²) in [5.41, 5.74) is 0.428. The average Bonchev–Trinajstić information content (AvgIpc) is 3.18. The second-order valence-electron chi connectivity index (χ2n) is 6.10. The Balaban J connectivity index is 2.00. The number of hydrogen-bond donors (Lipinski definition) is 1. The Kier molecular flexibility index (Phi) is 8.25. The summed E-state index contributed by atoms with van der Waals surface area (Å²) in [5, 5.41) is 2.84. The van der Waals surface area contributed by atoms with E-state index in [4.69, 9.17) is 9.15 Å². The maximum absolute atomic E-state index is 12.7. The predicted molar refractivity (Wildman–Crippen MR) is 112 cm³/mol. The van der Waals surface area contributed by atoms with Gasteiger partial charge in [0.2, 0.25) is 15.9 Å². The number of furan rings is 1. The van der Waals surface area contributed by atoms with Gasteiger partial charge in [-0.25, -0.2) is 8.42 Å². The third-order valence-corrected chi connectivity index (χ3v) is 6.19. The van der Waals surface area contributed by atoms with Crippen LogP contribution in [0.3, 0.4) is 0 Å². The molecular weight excluding hydrogens is 400 g/mol. The third-order valence-electron chi connectivity index (χ3n) is 4.03. The molecule has 0 aliphatic rings. The van der Waals surface area contributed by atoms with Crippen LogP contribution >= 0.6 is 11.8 Å². The molecule has 2 aromatic rings. The molecule has 0 spiro atoms. The molecule has 2 rings (SSSR count). The van der Waals surface area contributed by atoms with E-state index in [2.05, 4.69) is 5.32 Å². The van der Waals surface area contributed by atoms with Crippen LogP contribution in [0.5, 0.6) is 5.75 Å². The number of sulfonamides is 1. The quantitative estimate of drug-likeness (QED) is 0.556. The number of thioether (sulfide) groups is 1. The maximum Gasteiger partial charge on any atom is 0.243 e. The number of nitrogens with zero attached hydrogens (tertiary/aromatic N) is 1. The summed E-state index contributed by atoms with van der Waals surface area (Å²) in [6.45, 7) is 2.23. The highest BCUT2D eigenvalue weighted by molar-refractivity contribution is 7.98. The smallest absolute Gasteiger partial charge is 0.243 e. The Morgan fingerprint density at radius 3 is 2.54 bits per heavy atom. The third kappa shape index (κ3) is 6.20. The minimum absolute atomic E-state index is 0.317. The Morgan fingerprint density at radius 1 is 1.29 bits per heavy atom. The van der Waals surface area contributed by atoms with Crippen molar-refractivity contribution >= 4 is 33.4 Å². The summed E-state index contributed by atoms with van der Waals surface area (Å²) >= 11 is 1.63. The summed E-state index contributed by atoms with van der Waals surface area (Å²) in [6, 6.07) is 9.52. The molecule has 154 valence electrons. The van der Waals surface area contributed by atoms with Crippen molar-refractivity contribution in [3.63, 3.8) is 0 Å². The van der Waals surface area contributed by atoms with Crippen molar-refractivity contribution in [2.45, 2.75) is 25.1 Å². The van der Waals surface area contributed by atoms with Gasteiger partial charge in [-0.15, -0.1) is 0 Å². The molecule has 1 aromatic carbocycles. The molecule has 0 fully saturated rings. The highest BCUT2D eigenvalue weighted by atomic mass is 32.2. The van der Waals surface area contributed by atoms with Crippen LogP contribution in [0.25, 0.3) is 0 Å². The molecule has 1 N–H and O–H groups in total. The van der Waals surface area contributed by atoms with E-state index < -0.39 is 16.1 Å². The van der Waals surface area contributed by atoms with Gasteiger partial charge >= 0.3 is 0 Å². The lowest BCUT2D eigenvalue weighted by molar-refractivity contribution is -0.122. The van der Waals surface area contributed by atoms with E-state index in [0.717, 1.165) is 22.1 Å². The molecular formula is C19H26N2O5S2. The summed E-state index contributed by atoms with van der Waals surface area (Å²) in [4.78, 5) is 12.7. The van der Waals surface area contributed by atoms with Crippen molar-refractivity contribution in [3.05, 3.63) is 48.4 Å². The predicted octanol–water partition coefficient (Wildman–Crippen LogP) is 2.88. The Hall–Kier alpha value is -2.13. The molecule has 7 nitrogen and oxygen atoms in total. The van der Waals surface area contributed by atoms with E-state index in [1.165, 1.54) is 7.11 Å². The van der Waals surface area contributed by atoms with E-state index in [1.54, 1.807) is 49.2 Å². The van der Waals surface area contributed by atoms with Crippen molar-refractivity contribution in [3.8, 4) is 5.75 Å². The van der Waals surface area contributed by atoms with Gasteiger partial charge < -0.3 is 14.5 Å². The number of ether oxygens (including phenoxy) is 1. The fraction of sp³-hybridized carbons (Fsp3) is 0.421. The van der Waals surface area contributed by atoms with E-state index in [-0.39, 0.29) is 5.91 Å². The number of hydrogen-bond acceptors (Lipinski definition) is 6. The van der Waals surface area contributed by atoms with Gasteiger partial charge in [0, 0.05) is 12.3 Å². The second-order valence-corrected chi connectivity index (χ2v) is 9.07. The zero-order valence-electron chi connectivity index (χ0n) is 16.3. The van der Waals surface area contributed by atoms with E-state index >= 15 is 0 Å². The largest absolute Gasteiger partial charge is 0.497 e. The topological polar surface area (TPSA) is 88.8 Å². The number of anilines is 1. The van der Waals surface area contributed by atoms with Gasteiger partial charge in [-0.3, -0.25) is 9.10 Å². The van der Waals surface area contributed by atoms with Crippen LogP contribution in [0.2, 0.25) is 0 Å². The first kappa shape index (κ1) is 22.2. The van der Waals surface area contributed by atoms with Gasteiger partial charge in [0.1, 0.15) is 17.6 Å². The lowest BCUT2D eigenvalue weighted by Gasteiger charge is -2.30. The Bertz CT molecular complexity index is 836. The van der Waals surface area contributed by atoms with Gasteiger partial charge in [0.25, 0.3) is 0 Å². The first-order valence-electron chi connectivity index (χ1n) is 8.88. The number of methoxy groups -OCH3 is 1. The van der Waals surface area contributed by atoms with Crippen LogP contribution in [0.4, 0.5) is 5.69 Å². The fourth-order valence-electron chi connectivity index (χ4n) is 2.72.